The maximum absolute atomic E-state index is 13.9. The van der Waals surface area contributed by atoms with E-state index in [-0.39, 0.29) is 32.1 Å². The van der Waals surface area contributed by atoms with E-state index in [9.17, 15) is 35.5 Å². The normalized spacial score (nSPS) is 19.1. The van der Waals surface area contributed by atoms with Crippen LogP contribution in [0.3, 0.4) is 0 Å². The minimum absolute atomic E-state index is 0.173. The molecule has 16 nitrogen and oxygen atoms in total. The summed E-state index contributed by atoms with van der Waals surface area (Å²) >= 11 is 0. The van der Waals surface area contributed by atoms with E-state index in [4.69, 9.17) is 27.9 Å². The summed E-state index contributed by atoms with van der Waals surface area (Å²) in [6.45, 7) is 3.97. The highest BCUT2D eigenvalue weighted by molar-refractivity contribution is 7.81. The Morgan fingerprint density at radius 3 is 1.59 bits per heavy atom. The van der Waals surface area contributed by atoms with E-state index >= 15 is 0 Å². The minimum Gasteiger partial charge on any atom is -0.726 e. The number of rotatable bonds is 44. The van der Waals surface area contributed by atoms with Gasteiger partial charge in [-0.15, -0.1) is 0 Å². The average Bonchev–Trinajstić information content (AvgIpc) is 3.36. The van der Waals surface area contributed by atoms with E-state index in [0.717, 1.165) is 57.4 Å². The van der Waals surface area contributed by atoms with Crippen molar-refractivity contribution in [3.63, 3.8) is 0 Å². The van der Waals surface area contributed by atoms with Gasteiger partial charge >= 0.3 is 5.97 Å². The van der Waals surface area contributed by atoms with Gasteiger partial charge in [0.15, 0.2) is 12.4 Å². The van der Waals surface area contributed by atoms with E-state index in [1.165, 1.54) is 109 Å². The molecule has 1 fully saturated rings. The molecule has 1 N–H and O–H groups in total. The molecule has 0 bridgehead atoms. The second-order valence-corrected chi connectivity index (χ2v) is 21.6. The number of hydrogen-bond donors (Lipinski definition) is 1. The number of nitrogens with one attached hydrogen (secondary N) is 1. The highest BCUT2D eigenvalue weighted by Crippen LogP contribution is 2.32. The zero-order valence-corrected chi connectivity index (χ0v) is 46.3. The standard InChI is InChI=1S/C56H91NO15S2/c1-4-6-8-10-12-14-16-18-20-22-24-26-34-40-50(66-42-47-36-30-28-31-37-47)49(57-52(59)41-35-27-25-23-21-19-17-15-13-11-9-7-5-2)44-68-56-55(67-43-48-38-32-29-33-39-48)54(72-74(63,64)65)53(70-46(3)58)51(71-56)45-69-73(60,61)62/h28-34,36-40,49-51,53-56H,4-27,35,41-45H2,1-3H3,(H,57,59)(H,60,61,62)(H,63,64,65)/p-2/b40-34+/t49-,50+,51?,53?,54?,55?,56?/m0/s1. The fraction of sp³-hybridized carbons (Fsp3) is 0.714. The zero-order valence-electron chi connectivity index (χ0n) is 44.6. The van der Waals surface area contributed by atoms with Crippen molar-refractivity contribution in [3.8, 4) is 0 Å². The minimum atomic E-state index is -5.58. The summed E-state index contributed by atoms with van der Waals surface area (Å²) in [6.07, 6.45) is 23.5. The van der Waals surface area contributed by atoms with Crippen molar-refractivity contribution in [2.45, 2.75) is 244 Å². The third kappa shape index (κ3) is 31.1. The highest BCUT2D eigenvalue weighted by Gasteiger charge is 2.52. The largest absolute Gasteiger partial charge is 0.726 e. The second-order valence-electron chi connectivity index (χ2n) is 19.6. The first kappa shape index (κ1) is 65.0. The Balaban J connectivity index is 1.87. The van der Waals surface area contributed by atoms with Crippen LogP contribution >= 0.6 is 0 Å². The molecule has 1 heterocycles. The summed E-state index contributed by atoms with van der Waals surface area (Å²) in [5.41, 5.74) is 1.49. The smallest absolute Gasteiger partial charge is 0.303 e. The van der Waals surface area contributed by atoms with Gasteiger partial charge in [-0.1, -0.05) is 228 Å². The summed E-state index contributed by atoms with van der Waals surface area (Å²) in [4.78, 5) is 26.3. The number of amides is 1. The fourth-order valence-electron chi connectivity index (χ4n) is 9.05. The van der Waals surface area contributed by atoms with Crippen LogP contribution < -0.4 is 5.32 Å². The quantitative estimate of drug-likeness (QED) is 0.0214. The number of carbonyl (C=O) groups is 2. The zero-order chi connectivity index (χ0) is 53.7. The van der Waals surface area contributed by atoms with Crippen LogP contribution in [0, 0.1) is 0 Å². The van der Waals surface area contributed by atoms with Crippen LogP contribution in [-0.4, -0.2) is 93.9 Å². The van der Waals surface area contributed by atoms with E-state index in [1.807, 2.05) is 42.5 Å². The van der Waals surface area contributed by atoms with Gasteiger partial charge in [0, 0.05) is 13.3 Å². The topological polar surface area (TPSA) is 225 Å². The lowest BCUT2D eigenvalue weighted by molar-refractivity contribution is -0.310. The summed E-state index contributed by atoms with van der Waals surface area (Å²) in [5, 5.41) is 3.12. The van der Waals surface area contributed by atoms with Crippen molar-refractivity contribution in [3.05, 3.63) is 83.9 Å². The first-order chi connectivity index (χ1) is 35.7. The molecule has 18 heteroatoms. The Morgan fingerprint density at radius 1 is 0.622 bits per heavy atom. The molecule has 5 unspecified atom stereocenters. The molecule has 2 aromatic rings. The van der Waals surface area contributed by atoms with E-state index < -0.39 is 76.2 Å². The van der Waals surface area contributed by atoms with Gasteiger partial charge in [-0.05, 0) is 30.4 Å². The Hall–Kier alpha value is -3.30. The van der Waals surface area contributed by atoms with Crippen LogP contribution in [0.5, 0.6) is 0 Å². The maximum Gasteiger partial charge on any atom is 0.303 e. The van der Waals surface area contributed by atoms with Gasteiger partial charge in [0.1, 0.15) is 18.3 Å². The molecule has 0 spiro atoms. The Kier molecular flexibility index (Phi) is 34.4. The monoisotopic (exact) mass is 1080 g/mol. The molecule has 1 amide bonds. The summed E-state index contributed by atoms with van der Waals surface area (Å²) in [6, 6.07) is 17.3. The number of unbranched alkanes of at least 4 members (excludes halogenated alkanes) is 23. The molecule has 0 saturated carbocycles. The predicted octanol–water partition coefficient (Wildman–Crippen LogP) is 11.4. The molecule has 7 atom stereocenters. The van der Waals surface area contributed by atoms with Crippen molar-refractivity contribution in [2.24, 2.45) is 0 Å². The number of carbonyl (C=O) groups excluding carboxylic acids is 2. The van der Waals surface area contributed by atoms with Crippen molar-refractivity contribution in [1.82, 2.24) is 5.32 Å². The van der Waals surface area contributed by atoms with Gasteiger partial charge in [-0.2, -0.15) is 0 Å². The first-order valence-electron chi connectivity index (χ1n) is 27.6. The van der Waals surface area contributed by atoms with Crippen molar-refractivity contribution >= 4 is 32.7 Å². The van der Waals surface area contributed by atoms with Crippen LogP contribution in [0.4, 0.5) is 0 Å². The average molecular weight is 1080 g/mol. The molecular weight excluding hydrogens is 991 g/mol. The van der Waals surface area contributed by atoms with Crippen LogP contribution in [-0.2, 0) is 75.7 Å². The molecule has 0 radical (unpaired) electrons. The highest BCUT2D eigenvalue weighted by atomic mass is 32.3. The number of benzene rings is 2. The Morgan fingerprint density at radius 2 is 1.11 bits per heavy atom. The summed E-state index contributed by atoms with van der Waals surface area (Å²) in [5.74, 6) is -1.24. The first-order valence-corrected chi connectivity index (χ1v) is 30.3. The molecule has 1 aliphatic heterocycles. The summed E-state index contributed by atoms with van der Waals surface area (Å²) in [7, 11) is -11.0. The Bertz CT molecular complexity index is 2010. The summed E-state index contributed by atoms with van der Waals surface area (Å²) < 4.78 is 112. The van der Waals surface area contributed by atoms with Crippen molar-refractivity contribution in [1.29, 1.82) is 0 Å². The van der Waals surface area contributed by atoms with Crippen LogP contribution in [0.2, 0.25) is 0 Å². The fourth-order valence-corrected chi connectivity index (χ4v) is 9.84. The van der Waals surface area contributed by atoms with Gasteiger partial charge in [0.2, 0.25) is 26.7 Å². The van der Waals surface area contributed by atoms with Crippen molar-refractivity contribution < 1.29 is 67.6 Å². The van der Waals surface area contributed by atoms with Crippen LogP contribution in [0.25, 0.3) is 0 Å². The molecule has 3 rings (SSSR count). The second kappa shape index (κ2) is 39.1. The number of allylic oxidation sites excluding steroid dienone is 1. The van der Waals surface area contributed by atoms with Gasteiger partial charge in [0.25, 0.3) is 0 Å². The number of esters is 1. The van der Waals surface area contributed by atoms with E-state index in [2.05, 4.69) is 23.3 Å². The molecule has 1 aliphatic rings. The third-order valence-electron chi connectivity index (χ3n) is 13.1. The van der Waals surface area contributed by atoms with Gasteiger partial charge in [0.05, 0.1) is 38.6 Å². The number of hydrogen-bond acceptors (Lipinski definition) is 15. The van der Waals surface area contributed by atoms with Crippen LogP contribution in [0.1, 0.15) is 199 Å². The third-order valence-corrected chi connectivity index (χ3v) is 13.9. The SMILES string of the molecule is CCCCCCCCCCCCC/C=C/[C@@H](OCc1ccccc1)[C@H](COC1OC(COS(=O)(=O)[O-])C(OC(C)=O)C(OS(=O)(=O)[O-])C1OCc1ccccc1)NC(=O)CCCCCCCCCCCCCCC. The molecule has 0 aromatic heterocycles. The lowest BCUT2D eigenvalue weighted by atomic mass is 9.98. The van der Waals surface area contributed by atoms with Crippen LogP contribution in [0.15, 0.2) is 72.8 Å². The molecular formula is C56H89NO15S2-2. The lowest BCUT2D eigenvalue weighted by Gasteiger charge is -2.45. The molecule has 2 aromatic carbocycles. The number of ether oxygens (including phenoxy) is 5. The van der Waals surface area contributed by atoms with E-state index in [0.29, 0.717) is 12.0 Å². The maximum atomic E-state index is 13.9. The van der Waals surface area contributed by atoms with Gasteiger partial charge in [-0.25, -0.2) is 16.8 Å². The van der Waals surface area contributed by atoms with E-state index in [1.54, 1.807) is 30.3 Å². The molecule has 74 heavy (non-hydrogen) atoms. The van der Waals surface area contributed by atoms with Gasteiger partial charge in [-0.3, -0.25) is 18.0 Å². The molecule has 422 valence electrons. The lowest BCUT2D eigenvalue weighted by Crippen LogP contribution is -2.63. The molecule has 0 aliphatic carbocycles. The molecule has 1 saturated heterocycles. The van der Waals surface area contributed by atoms with Gasteiger partial charge < -0.3 is 38.1 Å². The predicted molar refractivity (Wildman–Crippen MR) is 283 cm³/mol. The van der Waals surface area contributed by atoms with Crippen molar-refractivity contribution in [2.75, 3.05) is 13.2 Å². The Labute approximate surface area is 444 Å².